The van der Waals surface area contributed by atoms with Gasteiger partial charge in [0, 0.05) is 17.8 Å². The first kappa shape index (κ1) is 19.3. The van der Waals surface area contributed by atoms with Crippen LogP contribution in [0.3, 0.4) is 0 Å². The highest BCUT2D eigenvalue weighted by Gasteiger charge is 2.19. The van der Waals surface area contributed by atoms with Crippen LogP contribution < -0.4 is 19.5 Å². The summed E-state index contributed by atoms with van der Waals surface area (Å²) in [7, 11) is 1.58. The largest absolute Gasteiger partial charge is 0.493 e. The van der Waals surface area contributed by atoms with E-state index in [-0.39, 0.29) is 23.6 Å². The Labute approximate surface area is 162 Å². The summed E-state index contributed by atoms with van der Waals surface area (Å²) < 4.78 is 29.8. The predicted octanol–water partition coefficient (Wildman–Crippen LogP) is 4.83. The molecule has 1 N–H and O–H groups in total. The van der Waals surface area contributed by atoms with Crippen molar-refractivity contribution in [3.05, 3.63) is 47.2 Å². The van der Waals surface area contributed by atoms with E-state index in [1.807, 2.05) is 0 Å². The van der Waals surface area contributed by atoms with Crippen LogP contribution in [0.15, 0.2) is 36.4 Å². The Morgan fingerprint density at radius 1 is 1.19 bits per heavy atom. The van der Waals surface area contributed by atoms with Gasteiger partial charge in [0.1, 0.15) is 11.6 Å². The molecule has 0 spiro atoms. The Balaban J connectivity index is 1.60. The number of carbonyl (C=O) groups excluding carboxylic acids is 1. The lowest BCUT2D eigenvalue weighted by Gasteiger charge is -2.17. The van der Waals surface area contributed by atoms with Crippen LogP contribution in [0.25, 0.3) is 0 Å². The lowest BCUT2D eigenvalue weighted by Crippen LogP contribution is -2.20. The van der Waals surface area contributed by atoms with Crippen LogP contribution in [0.4, 0.5) is 10.1 Å². The third-order valence-corrected chi connectivity index (χ3v) is 4.59. The quantitative estimate of drug-likeness (QED) is 0.732. The molecule has 0 radical (unpaired) electrons. The molecule has 5 nitrogen and oxygen atoms in total. The van der Waals surface area contributed by atoms with E-state index in [1.165, 1.54) is 18.2 Å². The molecule has 2 aromatic carbocycles. The van der Waals surface area contributed by atoms with Gasteiger partial charge >= 0.3 is 0 Å². The average Bonchev–Trinajstić information content (AvgIpc) is 3.16. The van der Waals surface area contributed by atoms with Crippen molar-refractivity contribution >= 4 is 23.2 Å². The SMILES string of the molecule is COc1ccc(NC(=O)COc2ccc(F)c(Cl)c2)cc1OC1CCCC1. The van der Waals surface area contributed by atoms with Crippen LogP contribution >= 0.6 is 11.6 Å². The van der Waals surface area contributed by atoms with Crippen LogP contribution in [0, 0.1) is 5.82 Å². The van der Waals surface area contributed by atoms with Crippen molar-refractivity contribution in [1.82, 2.24) is 0 Å². The highest BCUT2D eigenvalue weighted by molar-refractivity contribution is 6.30. The summed E-state index contributed by atoms with van der Waals surface area (Å²) in [6.07, 6.45) is 4.54. The Hall–Kier alpha value is -2.47. The Kier molecular flexibility index (Phi) is 6.40. The number of benzene rings is 2. The third kappa shape index (κ3) is 5.26. The zero-order chi connectivity index (χ0) is 19.2. The van der Waals surface area contributed by atoms with Crippen molar-refractivity contribution < 1.29 is 23.4 Å². The average molecular weight is 394 g/mol. The summed E-state index contributed by atoms with van der Waals surface area (Å²) in [6.45, 7) is -0.229. The summed E-state index contributed by atoms with van der Waals surface area (Å²) in [4.78, 5) is 12.1. The maximum atomic E-state index is 13.1. The zero-order valence-electron chi connectivity index (χ0n) is 15.0. The van der Waals surface area contributed by atoms with Gasteiger partial charge in [0.2, 0.25) is 0 Å². The molecule has 27 heavy (non-hydrogen) atoms. The fraction of sp³-hybridized carbons (Fsp3) is 0.350. The molecule has 7 heteroatoms. The fourth-order valence-corrected chi connectivity index (χ4v) is 3.12. The zero-order valence-corrected chi connectivity index (χ0v) is 15.7. The van der Waals surface area contributed by atoms with Gasteiger partial charge in [-0.25, -0.2) is 4.39 Å². The van der Waals surface area contributed by atoms with E-state index in [9.17, 15) is 9.18 Å². The van der Waals surface area contributed by atoms with Crippen molar-refractivity contribution in [3.63, 3.8) is 0 Å². The van der Waals surface area contributed by atoms with Crippen molar-refractivity contribution in [2.45, 2.75) is 31.8 Å². The molecular weight excluding hydrogens is 373 g/mol. The molecule has 1 amide bonds. The first-order chi connectivity index (χ1) is 13.0. The van der Waals surface area contributed by atoms with Crippen LogP contribution in [0.2, 0.25) is 5.02 Å². The third-order valence-electron chi connectivity index (χ3n) is 4.30. The number of halogens is 2. The molecule has 1 fully saturated rings. The van der Waals surface area contributed by atoms with Crippen molar-refractivity contribution in [1.29, 1.82) is 0 Å². The fourth-order valence-electron chi connectivity index (χ4n) is 2.94. The molecule has 1 aliphatic carbocycles. The van der Waals surface area contributed by atoms with Gasteiger partial charge in [0.25, 0.3) is 5.91 Å². The Morgan fingerprint density at radius 3 is 2.67 bits per heavy atom. The number of anilines is 1. The van der Waals surface area contributed by atoms with Gasteiger partial charge < -0.3 is 19.5 Å². The van der Waals surface area contributed by atoms with Gasteiger partial charge in [0.15, 0.2) is 18.1 Å². The number of ether oxygens (including phenoxy) is 3. The lowest BCUT2D eigenvalue weighted by molar-refractivity contribution is -0.118. The van der Waals surface area contributed by atoms with Crippen LogP contribution in [-0.2, 0) is 4.79 Å². The van der Waals surface area contributed by atoms with Crippen molar-refractivity contribution in [2.75, 3.05) is 19.0 Å². The minimum Gasteiger partial charge on any atom is -0.493 e. The monoisotopic (exact) mass is 393 g/mol. The number of nitrogens with one attached hydrogen (secondary N) is 1. The standard InChI is InChI=1S/C20H21ClFNO4/c1-25-18-9-6-13(10-19(18)27-14-4-2-3-5-14)23-20(24)12-26-15-7-8-17(22)16(21)11-15/h6-11,14H,2-5,12H2,1H3,(H,23,24). The summed E-state index contributed by atoms with van der Waals surface area (Å²) in [5, 5.41) is 2.69. The molecule has 144 valence electrons. The number of carbonyl (C=O) groups is 1. The number of amides is 1. The van der Waals surface area contributed by atoms with Gasteiger partial charge in [-0.2, -0.15) is 0 Å². The minimum absolute atomic E-state index is 0.0586. The molecule has 0 saturated heterocycles. The van der Waals surface area contributed by atoms with Crippen molar-refractivity contribution in [2.24, 2.45) is 0 Å². The van der Waals surface area contributed by atoms with Crippen molar-refractivity contribution in [3.8, 4) is 17.2 Å². The molecule has 0 unspecified atom stereocenters. The topological polar surface area (TPSA) is 56.8 Å². The molecule has 0 aliphatic heterocycles. The highest BCUT2D eigenvalue weighted by atomic mass is 35.5. The Bertz CT molecular complexity index is 809. The normalized spacial score (nSPS) is 14.0. The van der Waals surface area contributed by atoms with Gasteiger partial charge in [-0.1, -0.05) is 11.6 Å². The summed E-state index contributed by atoms with van der Waals surface area (Å²) in [6, 6.07) is 9.14. The maximum absolute atomic E-state index is 13.1. The van der Waals surface area contributed by atoms with E-state index in [0.29, 0.717) is 22.9 Å². The molecule has 3 rings (SSSR count). The molecule has 1 saturated carbocycles. The molecule has 0 atom stereocenters. The van der Waals surface area contributed by atoms with E-state index in [4.69, 9.17) is 25.8 Å². The predicted molar refractivity (Wildman–Crippen MR) is 101 cm³/mol. The van der Waals surface area contributed by atoms with Crippen LogP contribution in [0.5, 0.6) is 17.2 Å². The molecule has 2 aromatic rings. The molecule has 0 aromatic heterocycles. The second kappa shape index (κ2) is 8.95. The molecule has 0 bridgehead atoms. The minimum atomic E-state index is -0.540. The molecule has 0 heterocycles. The first-order valence-electron chi connectivity index (χ1n) is 8.77. The smallest absolute Gasteiger partial charge is 0.262 e. The summed E-state index contributed by atoms with van der Waals surface area (Å²) in [5.74, 6) is 0.649. The first-order valence-corrected chi connectivity index (χ1v) is 9.15. The summed E-state index contributed by atoms with van der Waals surface area (Å²) in [5.41, 5.74) is 0.578. The van der Waals surface area contributed by atoms with Crippen LogP contribution in [-0.4, -0.2) is 25.7 Å². The maximum Gasteiger partial charge on any atom is 0.262 e. The number of hydrogen-bond acceptors (Lipinski definition) is 4. The number of methoxy groups -OCH3 is 1. The van der Waals surface area contributed by atoms with E-state index >= 15 is 0 Å². The second-order valence-electron chi connectivity index (χ2n) is 6.30. The van der Waals surface area contributed by atoms with Gasteiger partial charge in [0.05, 0.1) is 18.2 Å². The van der Waals surface area contributed by atoms with Crippen LogP contribution in [0.1, 0.15) is 25.7 Å². The van der Waals surface area contributed by atoms with E-state index in [1.54, 1.807) is 25.3 Å². The van der Waals surface area contributed by atoms with E-state index in [2.05, 4.69) is 5.32 Å². The second-order valence-corrected chi connectivity index (χ2v) is 6.71. The van der Waals surface area contributed by atoms with E-state index < -0.39 is 5.82 Å². The van der Waals surface area contributed by atoms with Gasteiger partial charge in [-0.3, -0.25) is 4.79 Å². The summed E-state index contributed by atoms with van der Waals surface area (Å²) >= 11 is 5.69. The molecular formula is C20H21ClFNO4. The molecule has 1 aliphatic rings. The number of hydrogen-bond donors (Lipinski definition) is 1. The highest BCUT2D eigenvalue weighted by Crippen LogP contribution is 2.34. The van der Waals surface area contributed by atoms with Gasteiger partial charge in [-0.15, -0.1) is 0 Å². The van der Waals surface area contributed by atoms with E-state index in [0.717, 1.165) is 25.7 Å². The number of rotatable bonds is 7. The Morgan fingerprint density at radius 2 is 1.96 bits per heavy atom. The van der Waals surface area contributed by atoms with Gasteiger partial charge in [-0.05, 0) is 49.9 Å². The lowest BCUT2D eigenvalue weighted by atomic mass is 10.2.